The molecule has 0 aliphatic carbocycles. The van der Waals surface area contributed by atoms with Crippen molar-refractivity contribution in [2.45, 2.75) is 37.2 Å². The zero-order valence-electron chi connectivity index (χ0n) is 10.3. The van der Waals surface area contributed by atoms with Crippen LogP contribution in [-0.4, -0.2) is 56.6 Å². The van der Waals surface area contributed by atoms with Crippen LogP contribution in [0.3, 0.4) is 0 Å². The van der Waals surface area contributed by atoms with Crippen molar-refractivity contribution >= 4 is 5.91 Å². The molecular weight excluding hydrogens is 265 g/mol. The fourth-order valence-corrected chi connectivity index (χ4v) is 2.19. The van der Waals surface area contributed by atoms with Gasteiger partial charge in [-0.15, -0.1) is 0 Å². The average molecular weight is 282 g/mol. The van der Waals surface area contributed by atoms with Gasteiger partial charge in [-0.05, 0) is 12.8 Å². The van der Waals surface area contributed by atoms with Crippen molar-refractivity contribution in [1.82, 2.24) is 10.6 Å². The van der Waals surface area contributed by atoms with Crippen LogP contribution in [0.25, 0.3) is 0 Å². The van der Waals surface area contributed by atoms with Crippen LogP contribution < -0.4 is 10.6 Å². The molecule has 2 aliphatic rings. The first kappa shape index (κ1) is 14.5. The molecule has 2 fully saturated rings. The van der Waals surface area contributed by atoms with Crippen LogP contribution in [0, 0.1) is 0 Å². The lowest BCUT2D eigenvalue weighted by Gasteiger charge is -2.32. The summed E-state index contributed by atoms with van der Waals surface area (Å²) in [6, 6.07) is -1.77. The Morgan fingerprint density at radius 1 is 1.26 bits per heavy atom. The average Bonchev–Trinajstić information content (AvgIpc) is 2.39. The van der Waals surface area contributed by atoms with E-state index < -0.39 is 18.3 Å². The highest BCUT2D eigenvalue weighted by Crippen LogP contribution is 2.26. The van der Waals surface area contributed by atoms with Crippen molar-refractivity contribution in [2.24, 2.45) is 0 Å². The smallest absolute Gasteiger partial charge is 0.376 e. The summed E-state index contributed by atoms with van der Waals surface area (Å²) >= 11 is 0. The van der Waals surface area contributed by atoms with E-state index in [9.17, 15) is 18.0 Å². The molecule has 1 amide bonds. The highest BCUT2D eigenvalue weighted by atomic mass is 19.4. The standard InChI is InChI=1S/C11H17F3N2O3/c12-11(13,14)9-2-1-7(5-15-9)16-10(17)8-6-18-3-4-19-8/h7-9,15H,1-6H2,(H,16,17). The Morgan fingerprint density at radius 3 is 2.58 bits per heavy atom. The maximum Gasteiger partial charge on any atom is 0.403 e. The molecule has 2 rings (SSSR count). The summed E-state index contributed by atoms with van der Waals surface area (Å²) < 4.78 is 47.6. The molecule has 2 aliphatic heterocycles. The second-order valence-electron chi connectivity index (χ2n) is 4.72. The highest BCUT2D eigenvalue weighted by molar-refractivity contribution is 5.81. The maximum absolute atomic E-state index is 12.4. The summed E-state index contributed by atoms with van der Waals surface area (Å²) in [5.41, 5.74) is 0. The third-order valence-corrected chi connectivity index (χ3v) is 3.26. The molecule has 5 nitrogen and oxygen atoms in total. The molecule has 2 heterocycles. The monoisotopic (exact) mass is 282 g/mol. The Balaban J connectivity index is 1.74. The van der Waals surface area contributed by atoms with Gasteiger partial charge in [-0.2, -0.15) is 13.2 Å². The van der Waals surface area contributed by atoms with Gasteiger partial charge >= 0.3 is 6.18 Å². The number of rotatable bonds is 2. The first-order valence-electron chi connectivity index (χ1n) is 6.26. The Morgan fingerprint density at radius 2 is 2.05 bits per heavy atom. The van der Waals surface area contributed by atoms with E-state index in [-0.39, 0.29) is 31.5 Å². The van der Waals surface area contributed by atoms with Crippen LogP contribution in [0.5, 0.6) is 0 Å². The van der Waals surface area contributed by atoms with E-state index in [1.54, 1.807) is 0 Å². The van der Waals surface area contributed by atoms with Crippen LogP contribution in [0.4, 0.5) is 13.2 Å². The maximum atomic E-state index is 12.4. The first-order chi connectivity index (χ1) is 8.97. The van der Waals surface area contributed by atoms with Gasteiger partial charge in [-0.3, -0.25) is 4.79 Å². The van der Waals surface area contributed by atoms with Gasteiger partial charge in [-0.25, -0.2) is 0 Å². The predicted molar refractivity (Wildman–Crippen MR) is 59.6 cm³/mol. The summed E-state index contributed by atoms with van der Waals surface area (Å²) in [6.45, 7) is 1.12. The fraction of sp³-hybridized carbons (Fsp3) is 0.909. The molecular formula is C11H17F3N2O3. The van der Waals surface area contributed by atoms with Gasteiger partial charge < -0.3 is 20.1 Å². The third-order valence-electron chi connectivity index (χ3n) is 3.26. The number of piperidine rings is 1. The molecule has 0 saturated carbocycles. The lowest BCUT2D eigenvalue weighted by molar-refractivity contribution is -0.161. The van der Waals surface area contributed by atoms with Crippen molar-refractivity contribution in [3.63, 3.8) is 0 Å². The molecule has 0 radical (unpaired) electrons. The number of carbonyl (C=O) groups excluding carboxylic acids is 1. The Bertz CT molecular complexity index is 311. The minimum absolute atomic E-state index is 0.0313. The predicted octanol–water partition coefficient (Wildman–Crippen LogP) is 0.201. The van der Waals surface area contributed by atoms with Gasteiger partial charge in [0.15, 0.2) is 6.10 Å². The quantitative estimate of drug-likeness (QED) is 0.759. The topological polar surface area (TPSA) is 59.6 Å². The van der Waals surface area contributed by atoms with Crippen LogP contribution in [0.15, 0.2) is 0 Å². The van der Waals surface area contributed by atoms with Gasteiger partial charge in [0.2, 0.25) is 0 Å². The number of carbonyl (C=O) groups is 1. The number of nitrogens with one attached hydrogen (secondary N) is 2. The zero-order valence-corrected chi connectivity index (χ0v) is 10.3. The van der Waals surface area contributed by atoms with E-state index >= 15 is 0 Å². The van der Waals surface area contributed by atoms with Gasteiger partial charge in [-0.1, -0.05) is 0 Å². The Labute approximate surface area is 108 Å². The van der Waals surface area contributed by atoms with E-state index in [2.05, 4.69) is 10.6 Å². The molecule has 0 aromatic rings. The van der Waals surface area contributed by atoms with Gasteiger partial charge in [0.25, 0.3) is 5.91 Å². The van der Waals surface area contributed by atoms with Crippen molar-refractivity contribution in [1.29, 1.82) is 0 Å². The SMILES string of the molecule is O=C(NC1CCC(C(F)(F)F)NC1)C1COCCO1. The molecule has 2 N–H and O–H groups in total. The zero-order chi connectivity index (χ0) is 13.9. The lowest BCUT2D eigenvalue weighted by atomic mass is 10.00. The molecule has 0 aromatic carbocycles. The van der Waals surface area contributed by atoms with Crippen LogP contribution in [-0.2, 0) is 14.3 Å². The van der Waals surface area contributed by atoms with Gasteiger partial charge in [0.1, 0.15) is 6.04 Å². The minimum Gasteiger partial charge on any atom is -0.376 e. The Kier molecular flexibility index (Phi) is 4.64. The molecule has 0 aromatic heterocycles. The molecule has 3 unspecified atom stereocenters. The van der Waals surface area contributed by atoms with Crippen LogP contribution >= 0.6 is 0 Å². The third kappa shape index (κ3) is 4.05. The largest absolute Gasteiger partial charge is 0.403 e. The molecule has 2 saturated heterocycles. The molecule has 0 spiro atoms. The summed E-state index contributed by atoms with van der Waals surface area (Å²) in [4.78, 5) is 11.8. The number of hydrogen-bond donors (Lipinski definition) is 2. The van der Waals surface area contributed by atoms with Crippen molar-refractivity contribution in [3.05, 3.63) is 0 Å². The summed E-state index contributed by atoms with van der Waals surface area (Å²) in [7, 11) is 0. The van der Waals surface area contributed by atoms with Crippen molar-refractivity contribution in [2.75, 3.05) is 26.4 Å². The van der Waals surface area contributed by atoms with Crippen LogP contribution in [0.1, 0.15) is 12.8 Å². The normalized spacial score (nSPS) is 32.9. The van der Waals surface area contributed by atoms with Crippen molar-refractivity contribution < 1.29 is 27.4 Å². The van der Waals surface area contributed by atoms with Gasteiger partial charge in [0, 0.05) is 12.6 Å². The van der Waals surface area contributed by atoms with Crippen LogP contribution in [0.2, 0.25) is 0 Å². The van der Waals surface area contributed by atoms with Gasteiger partial charge in [0.05, 0.1) is 19.8 Å². The second-order valence-corrected chi connectivity index (χ2v) is 4.72. The fourth-order valence-electron chi connectivity index (χ4n) is 2.19. The second kappa shape index (κ2) is 6.06. The Hall–Kier alpha value is -0.860. The van der Waals surface area contributed by atoms with Crippen molar-refractivity contribution in [3.8, 4) is 0 Å². The summed E-state index contributed by atoms with van der Waals surface area (Å²) in [5.74, 6) is -0.322. The number of hydrogen-bond acceptors (Lipinski definition) is 4. The van der Waals surface area contributed by atoms with E-state index in [0.717, 1.165) is 0 Å². The highest BCUT2D eigenvalue weighted by Gasteiger charge is 2.41. The molecule has 110 valence electrons. The van der Waals surface area contributed by atoms with E-state index in [1.165, 1.54) is 0 Å². The molecule has 0 bridgehead atoms. The van der Waals surface area contributed by atoms with E-state index in [0.29, 0.717) is 19.6 Å². The lowest BCUT2D eigenvalue weighted by Crippen LogP contribution is -2.56. The number of ether oxygens (including phenoxy) is 2. The molecule has 19 heavy (non-hydrogen) atoms. The number of alkyl halides is 3. The van der Waals surface area contributed by atoms with E-state index in [4.69, 9.17) is 9.47 Å². The van der Waals surface area contributed by atoms with E-state index in [1.807, 2.05) is 0 Å². The summed E-state index contributed by atoms with van der Waals surface area (Å²) in [5, 5.41) is 5.09. The summed E-state index contributed by atoms with van der Waals surface area (Å²) in [6.07, 6.45) is -4.61. The minimum atomic E-state index is -4.23. The first-order valence-corrected chi connectivity index (χ1v) is 6.26. The number of halogens is 3. The molecule has 8 heteroatoms. The molecule has 3 atom stereocenters. The number of amides is 1.